The van der Waals surface area contributed by atoms with Gasteiger partial charge >= 0.3 is 5.69 Å². The van der Waals surface area contributed by atoms with Crippen LogP contribution in [0.25, 0.3) is 0 Å². The maximum absolute atomic E-state index is 12.3. The second kappa shape index (κ2) is 7.41. The van der Waals surface area contributed by atoms with Crippen LogP contribution in [0.1, 0.15) is 32.9 Å². The predicted octanol–water partition coefficient (Wildman–Crippen LogP) is 4.02. The molecule has 0 unspecified atom stereocenters. The van der Waals surface area contributed by atoms with Gasteiger partial charge in [0.1, 0.15) is 11.4 Å². The zero-order valence-electron chi connectivity index (χ0n) is 15.4. The van der Waals surface area contributed by atoms with Crippen LogP contribution in [0, 0.1) is 30.9 Å². The Morgan fingerprint density at radius 3 is 2.26 bits per heavy atom. The molecular weight excluding hydrogens is 344 g/mol. The van der Waals surface area contributed by atoms with Crippen LogP contribution in [0.15, 0.2) is 48.5 Å². The Bertz CT molecular complexity index is 989. The Morgan fingerprint density at radius 1 is 1.07 bits per heavy atom. The molecule has 0 bridgehead atoms. The molecule has 1 N–H and O–H groups in total. The highest BCUT2D eigenvalue weighted by Gasteiger charge is 2.21. The van der Waals surface area contributed by atoms with Crippen LogP contribution in [-0.4, -0.2) is 20.6 Å². The highest BCUT2D eigenvalue weighted by atomic mass is 16.6. The van der Waals surface area contributed by atoms with E-state index in [1.807, 2.05) is 43.3 Å². The van der Waals surface area contributed by atoms with Crippen LogP contribution in [0.2, 0.25) is 0 Å². The summed E-state index contributed by atoms with van der Waals surface area (Å²) in [5.41, 5.74) is 4.27. The molecule has 2 aromatic carbocycles. The minimum Gasteiger partial charge on any atom is -0.322 e. The van der Waals surface area contributed by atoms with Crippen molar-refractivity contribution in [2.45, 2.75) is 27.3 Å². The van der Waals surface area contributed by atoms with Crippen molar-refractivity contribution in [1.82, 2.24) is 9.78 Å². The molecule has 3 rings (SSSR count). The van der Waals surface area contributed by atoms with Crippen molar-refractivity contribution in [3.8, 4) is 0 Å². The van der Waals surface area contributed by atoms with E-state index >= 15 is 0 Å². The fraction of sp³-hybridized carbons (Fsp3) is 0.200. The molecule has 3 aromatic rings. The summed E-state index contributed by atoms with van der Waals surface area (Å²) < 4.78 is 1.61. The van der Waals surface area contributed by atoms with Gasteiger partial charge in [-0.15, -0.1) is 0 Å². The average Bonchev–Trinajstić information content (AvgIpc) is 2.91. The zero-order valence-corrected chi connectivity index (χ0v) is 15.4. The maximum atomic E-state index is 12.3. The molecule has 7 heteroatoms. The van der Waals surface area contributed by atoms with E-state index in [1.165, 1.54) is 0 Å². The Hall–Kier alpha value is -3.48. The number of aromatic nitrogens is 2. The third-order valence-corrected chi connectivity index (χ3v) is 4.38. The van der Waals surface area contributed by atoms with Gasteiger partial charge in [-0.25, -0.2) is 0 Å². The van der Waals surface area contributed by atoms with Crippen LogP contribution in [-0.2, 0) is 6.54 Å². The molecule has 27 heavy (non-hydrogen) atoms. The van der Waals surface area contributed by atoms with Crippen molar-refractivity contribution in [3.63, 3.8) is 0 Å². The summed E-state index contributed by atoms with van der Waals surface area (Å²) in [5.74, 6) is -0.188. The number of hydrogen-bond acceptors (Lipinski definition) is 4. The van der Waals surface area contributed by atoms with E-state index in [1.54, 1.807) is 30.7 Å². The fourth-order valence-electron chi connectivity index (χ4n) is 2.88. The number of nitrogens with zero attached hydrogens (tertiary/aromatic N) is 3. The Morgan fingerprint density at radius 2 is 1.70 bits per heavy atom. The standard InChI is InChI=1S/C20H20N4O3/c1-13-4-10-18(11-5-13)21-20(25)17-8-6-16(7-9-17)12-23-15(3)19(24(26)27)14(2)22-23/h4-11H,12H2,1-3H3,(H,21,25). The summed E-state index contributed by atoms with van der Waals surface area (Å²) in [5, 5.41) is 18.2. The molecule has 0 radical (unpaired) electrons. The molecule has 1 heterocycles. The molecule has 0 saturated carbocycles. The van der Waals surface area contributed by atoms with Crippen molar-refractivity contribution in [2.24, 2.45) is 0 Å². The zero-order chi connectivity index (χ0) is 19.6. The van der Waals surface area contributed by atoms with Crippen molar-refractivity contribution in [1.29, 1.82) is 0 Å². The number of hydrogen-bond donors (Lipinski definition) is 1. The summed E-state index contributed by atoms with van der Waals surface area (Å²) in [6.07, 6.45) is 0. The van der Waals surface area contributed by atoms with E-state index in [9.17, 15) is 14.9 Å². The van der Waals surface area contributed by atoms with Crippen LogP contribution in [0.5, 0.6) is 0 Å². The summed E-state index contributed by atoms with van der Waals surface area (Å²) in [7, 11) is 0. The van der Waals surface area contributed by atoms with Gasteiger partial charge in [-0.2, -0.15) is 5.10 Å². The second-order valence-electron chi connectivity index (χ2n) is 6.45. The summed E-state index contributed by atoms with van der Waals surface area (Å²) in [4.78, 5) is 23.0. The molecule has 1 aromatic heterocycles. The van der Waals surface area contributed by atoms with Gasteiger partial charge in [0.05, 0.1) is 11.5 Å². The molecule has 7 nitrogen and oxygen atoms in total. The van der Waals surface area contributed by atoms with Gasteiger partial charge in [-0.05, 0) is 50.6 Å². The number of amides is 1. The normalized spacial score (nSPS) is 10.6. The van der Waals surface area contributed by atoms with Crippen LogP contribution >= 0.6 is 0 Å². The first kappa shape index (κ1) is 18.3. The Labute approximate surface area is 156 Å². The highest BCUT2D eigenvalue weighted by molar-refractivity contribution is 6.04. The first-order valence-electron chi connectivity index (χ1n) is 8.50. The number of nitro groups is 1. The number of carbonyl (C=O) groups excluding carboxylic acids is 1. The molecule has 0 atom stereocenters. The lowest BCUT2D eigenvalue weighted by molar-refractivity contribution is -0.386. The molecule has 0 aliphatic rings. The van der Waals surface area contributed by atoms with E-state index in [4.69, 9.17) is 0 Å². The smallest absolute Gasteiger partial charge is 0.312 e. The molecule has 0 spiro atoms. The van der Waals surface area contributed by atoms with E-state index in [-0.39, 0.29) is 11.6 Å². The highest BCUT2D eigenvalue weighted by Crippen LogP contribution is 2.22. The summed E-state index contributed by atoms with van der Waals surface area (Å²) >= 11 is 0. The Kier molecular flexibility index (Phi) is 5.03. The van der Waals surface area contributed by atoms with E-state index in [0.29, 0.717) is 23.5 Å². The van der Waals surface area contributed by atoms with E-state index < -0.39 is 4.92 Å². The monoisotopic (exact) mass is 364 g/mol. The SMILES string of the molecule is Cc1ccc(NC(=O)c2ccc(Cn3nc(C)c([N+](=O)[O-])c3C)cc2)cc1. The largest absolute Gasteiger partial charge is 0.322 e. The van der Waals surface area contributed by atoms with Gasteiger partial charge in [0, 0.05) is 11.3 Å². The molecule has 0 aliphatic carbocycles. The van der Waals surface area contributed by atoms with Gasteiger partial charge in [0.25, 0.3) is 5.91 Å². The van der Waals surface area contributed by atoms with Crippen molar-refractivity contribution in [2.75, 3.05) is 5.32 Å². The number of nitrogens with one attached hydrogen (secondary N) is 1. The van der Waals surface area contributed by atoms with Gasteiger partial charge in [-0.3, -0.25) is 19.6 Å². The van der Waals surface area contributed by atoms with Gasteiger partial charge in [0.15, 0.2) is 0 Å². The third-order valence-electron chi connectivity index (χ3n) is 4.38. The summed E-state index contributed by atoms with van der Waals surface area (Å²) in [6.45, 7) is 5.70. The second-order valence-corrected chi connectivity index (χ2v) is 6.45. The van der Waals surface area contributed by atoms with Crippen LogP contribution in [0.4, 0.5) is 11.4 Å². The van der Waals surface area contributed by atoms with Crippen molar-refractivity contribution in [3.05, 3.63) is 86.7 Å². The number of carbonyl (C=O) groups is 1. The molecule has 0 aliphatic heterocycles. The molecule has 0 saturated heterocycles. The lowest BCUT2D eigenvalue weighted by Gasteiger charge is -2.07. The number of benzene rings is 2. The first-order valence-corrected chi connectivity index (χ1v) is 8.50. The van der Waals surface area contributed by atoms with Crippen LogP contribution < -0.4 is 5.32 Å². The quantitative estimate of drug-likeness (QED) is 0.547. The number of aryl methyl sites for hydroxylation is 2. The fourth-order valence-corrected chi connectivity index (χ4v) is 2.88. The lowest BCUT2D eigenvalue weighted by Crippen LogP contribution is -2.12. The minimum atomic E-state index is -0.410. The van der Waals surface area contributed by atoms with Crippen LogP contribution in [0.3, 0.4) is 0 Å². The third kappa shape index (κ3) is 4.03. The summed E-state index contributed by atoms with van der Waals surface area (Å²) in [6, 6.07) is 14.7. The maximum Gasteiger partial charge on any atom is 0.312 e. The number of anilines is 1. The van der Waals surface area contributed by atoms with E-state index in [2.05, 4.69) is 10.4 Å². The molecular formula is C20H20N4O3. The van der Waals surface area contributed by atoms with E-state index in [0.717, 1.165) is 16.8 Å². The predicted molar refractivity (Wildman–Crippen MR) is 103 cm³/mol. The average molecular weight is 364 g/mol. The van der Waals surface area contributed by atoms with Crippen molar-refractivity contribution >= 4 is 17.3 Å². The number of rotatable bonds is 5. The van der Waals surface area contributed by atoms with Gasteiger partial charge in [-0.1, -0.05) is 29.8 Å². The minimum absolute atomic E-state index is 0.0455. The molecule has 1 amide bonds. The van der Waals surface area contributed by atoms with Gasteiger partial charge in [0.2, 0.25) is 0 Å². The topological polar surface area (TPSA) is 90.1 Å². The Balaban J connectivity index is 1.72. The first-order chi connectivity index (χ1) is 12.8. The lowest BCUT2D eigenvalue weighted by atomic mass is 10.1. The van der Waals surface area contributed by atoms with Crippen molar-refractivity contribution < 1.29 is 9.72 Å². The molecule has 138 valence electrons. The molecule has 0 fully saturated rings. The van der Waals surface area contributed by atoms with Gasteiger partial charge < -0.3 is 5.32 Å².